The van der Waals surface area contributed by atoms with Gasteiger partial charge in [0.2, 0.25) is 0 Å². The first kappa shape index (κ1) is 15.3. The second-order valence-corrected chi connectivity index (χ2v) is 6.22. The number of likely N-dealkylation sites (tertiary alicyclic amines) is 1. The highest BCUT2D eigenvalue weighted by Gasteiger charge is 2.40. The lowest BCUT2D eigenvalue weighted by atomic mass is 9.77. The molecule has 0 aromatic carbocycles. The van der Waals surface area contributed by atoms with Crippen LogP contribution in [0.15, 0.2) is 0 Å². The van der Waals surface area contributed by atoms with Crippen LogP contribution < -0.4 is 0 Å². The number of piperidine rings is 1. The third-order valence-corrected chi connectivity index (χ3v) is 4.77. The predicted octanol–water partition coefficient (Wildman–Crippen LogP) is 2.73. The number of ether oxygens (including phenoxy) is 1. The molecule has 2 fully saturated rings. The summed E-state index contributed by atoms with van der Waals surface area (Å²) in [5.41, 5.74) is 0. The van der Waals surface area contributed by atoms with Gasteiger partial charge in [0.05, 0.1) is 18.6 Å². The Balaban J connectivity index is 2.13. The van der Waals surface area contributed by atoms with Crippen molar-refractivity contribution < 1.29 is 9.53 Å². The number of hydrogen-bond donors (Lipinski definition) is 0. The molecule has 0 amide bonds. The van der Waals surface area contributed by atoms with Gasteiger partial charge in [-0.25, -0.2) is 0 Å². The van der Waals surface area contributed by atoms with Gasteiger partial charge in [-0.3, -0.25) is 9.69 Å². The van der Waals surface area contributed by atoms with Gasteiger partial charge < -0.3 is 4.74 Å². The van der Waals surface area contributed by atoms with Crippen LogP contribution >= 0.6 is 0 Å². The van der Waals surface area contributed by atoms with Gasteiger partial charge in [0.25, 0.3) is 0 Å². The molecule has 1 saturated carbocycles. The fourth-order valence-electron chi connectivity index (χ4n) is 3.71. The van der Waals surface area contributed by atoms with Crippen molar-refractivity contribution >= 4 is 5.97 Å². The number of esters is 1. The minimum atomic E-state index is -0.130. The summed E-state index contributed by atoms with van der Waals surface area (Å²) in [6.07, 6.45) is 6.22. The summed E-state index contributed by atoms with van der Waals surface area (Å²) in [6.45, 7) is 5.47. The Bertz CT molecular complexity index is 377. The van der Waals surface area contributed by atoms with Gasteiger partial charge in [-0.2, -0.15) is 5.26 Å². The van der Waals surface area contributed by atoms with Crippen LogP contribution in [-0.2, 0) is 9.53 Å². The predicted molar refractivity (Wildman–Crippen MR) is 76.9 cm³/mol. The van der Waals surface area contributed by atoms with E-state index in [0.29, 0.717) is 12.5 Å². The van der Waals surface area contributed by atoms with Gasteiger partial charge in [0, 0.05) is 6.04 Å². The van der Waals surface area contributed by atoms with Gasteiger partial charge in [-0.05, 0) is 51.5 Å². The highest BCUT2D eigenvalue weighted by atomic mass is 16.5. The molecule has 4 unspecified atom stereocenters. The molecule has 112 valence electrons. The molecular formula is C16H26N2O2. The van der Waals surface area contributed by atoms with E-state index in [0.717, 1.165) is 45.1 Å². The molecule has 1 aliphatic heterocycles. The van der Waals surface area contributed by atoms with Crippen molar-refractivity contribution in [1.82, 2.24) is 4.90 Å². The zero-order valence-corrected chi connectivity index (χ0v) is 12.7. The molecule has 0 radical (unpaired) electrons. The fourth-order valence-corrected chi connectivity index (χ4v) is 3.71. The smallest absolute Gasteiger partial charge is 0.323 e. The topological polar surface area (TPSA) is 53.3 Å². The SMILES string of the molecule is CCOC(=O)C1CCCCN1C1CC(C)CCC1C#N. The maximum atomic E-state index is 12.2. The number of carbonyl (C=O) groups excluding carboxylic acids is 1. The molecular weight excluding hydrogens is 252 g/mol. The molecule has 0 spiro atoms. The van der Waals surface area contributed by atoms with Gasteiger partial charge in [-0.15, -0.1) is 0 Å². The highest BCUT2D eigenvalue weighted by molar-refractivity contribution is 5.76. The third kappa shape index (κ3) is 3.32. The minimum Gasteiger partial charge on any atom is -0.465 e. The summed E-state index contributed by atoms with van der Waals surface area (Å²) < 4.78 is 5.23. The molecule has 1 heterocycles. The summed E-state index contributed by atoms with van der Waals surface area (Å²) >= 11 is 0. The first-order chi connectivity index (χ1) is 9.67. The van der Waals surface area contributed by atoms with E-state index >= 15 is 0 Å². The van der Waals surface area contributed by atoms with Gasteiger partial charge in [0.15, 0.2) is 0 Å². The van der Waals surface area contributed by atoms with Gasteiger partial charge in [-0.1, -0.05) is 13.3 Å². The molecule has 0 aromatic rings. The maximum absolute atomic E-state index is 12.2. The molecule has 4 atom stereocenters. The zero-order chi connectivity index (χ0) is 14.5. The molecule has 1 aliphatic carbocycles. The van der Waals surface area contributed by atoms with Crippen molar-refractivity contribution in [1.29, 1.82) is 5.26 Å². The van der Waals surface area contributed by atoms with E-state index in [2.05, 4.69) is 17.9 Å². The minimum absolute atomic E-state index is 0.0706. The summed E-state index contributed by atoms with van der Waals surface area (Å²) in [5.74, 6) is 0.623. The first-order valence-corrected chi connectivity index (χ1v) is 7.99. The van der Waals surface area contributed by atoms with Crippen LogP contribution in [0.1, 0.15) is 52.4 Å². The lowest BCUT2D eigenvalue weighted by molar-refractivity contribution is -0.153. The molecule has 1 saturated heterocycles. The highest BCUT2D eigenvalue weighted by Crippen LogP contribution is 2.35. The fraction of sp³-hybridized carbons (Fsp3) is 0.875. The van der Waals surface area contributed by atoms with E-state index in [1.54, 1.807) is 0 Å². The average Bonchev–Trinajstić information content (AvgIpc) is 2.47. The monoisotopic (exact) mass is 278 g/mol. The average molecular weight is 278 g/mol. The molecule has 20 heavy (non-hydrogen) atoms. The molecule has 0 N–H and O–H groups in total. The quantitative estimate of drug-likeness (QED) is 0.745. The van der Waals surface area contributed by atoms with Crippen molar-refractivity contribution in [3.05, 3.63) is 0 Å². The molecule has 2 rings (SSSR count). The van der Waals surface area contributed by atoms with E-state index in [9.17, 15) is 10.1 Å². The molecule has 0 bridgehead atoms. The molecule has 2 aliphatic rings. The van der Waals surface area contributed by atoms with Crippen molar-refractivity contribution in [2.24, 2.45) is 11.8 Å². The molecule has 4 nitrogen and oxygen atoms in total. The van der Waals surface area contributed by atoms with Crippen LogP contribution in [0, 0.1) is 23.2 Å². The molecule has 0 aromatic heterocycles. The zero-order valence-electron chi connectivity index (χ0n) is 12.7. The van der Waals surface area contributed by atoms with Crippen LogP contribution in [0.2, 0.25) is 0 Å². The Morgan fingerprint density at radius 2 is 2.15 bits per heavy atom. The van der Waals surface area contributed by atoms with Gasteiger partial charge >= 0.3 is 5.97 Å². The first-order valence-electron chi connectivity index (χ1n) is 7.99. The van der Waals surface area contributed by atoms with Crippen LogP contribution in [0.25, 0.3) is 0 Å². The summed E-state index contributed by atoms with van der Waals surface area (Å²) in [4.78, 5) is 14.5. The largest absolute Gasteiger partial charge is 0.465 e. The Morgan fingerprint density at radius 3 is 2.85 bits per heavy atom. The Morgan fingerprint density at radius 1 is 1.35 bits per heavy atom. The van der Waals surface area contributed by atoms with Crippen molar-refractivity contribution in [3.63, 3.8) is 0 Å². The van der Waals surface area contributed by atoms with Crippen LogP contribution in [0.5, 0.6) is 0 Å². The van der Waals surface area contributed by atoms with E-state index in [1.807, 2.05) is 6.92 Å². The Hall–Kier alpha value is -1.08. The number of nitriles is 1. The lowest BCUT2D eigenvalue weighted by Crippen LogP contribution is -2.54. The van der Waals surface area contributed by atoms with E-state index < -0.39 is 0 Å². The van der Waals surface area contributed by atoms with Crippen LogP contribution in [-0.4, -0.2) is 36.1 Å². The summed E-state index contributed by atoms with van der Waals surface area (Å²) in [5, 5.41) is 9.41. The maximum Gasteiger partial charge on any atom is 0.323 e. The normalized spacial score (nSPS) is 35.2. The van der Waals surface area contributed by atoms with Crippen molar-refractivity contribution in [3.8, 4) is 6.07 Å². The number of carbonyl (C=O) groups is 1. The Labute approximate surface area is 122 Å². The van der Waals surface area contributed by atoms with Gasteiger partial charge in [0.1, 0.15) is 6.04 Å². The van der Waals surface area contributed by atoms with E-state index in [1.165, 1.54) is 0 Å². The summed E-state index contributed by atoms with van der Waals surface area (Å²) in [6, 6.07) is 2.57. The summed E-state index contributed by atoms with van der Waals surface area (Å²) in [7, 11) is 0. The van der Waals surface area contributed by atoms with Crippen molar-refractivity contribution in [2.75, 3.05) is 13.2 Å². The van der Waals surface area contributed by atoms with E-state index in [4.69, 9.17) is 4.74 Å². The van der Waals surface area contributed by atoms with Crippen LogP contribution in [0.4, 0.5) is 0 Å². The second kappa shape index (κ2) is 7.08. The van der Waals surface area contributed by atoms with Crippen molar-refractivity contribution in [2.45, 2.75) is 64.5 Å². The van der Waals surface area contributed by atoms with Crippen LogP contribution in [0.3, 0.4) is 0 Å². The lowest BCUT2D eigenvalue weighted by Gasteiger charge is -2.44. The number of hydrogen-bond acceptors (Lipinski definition) is 4. The van der Waals surface area contributed by atoms with E-state index in [-0.39, 0.29) is 24.0 Å². The number of nitrogens with zero attached hydrogens (tertiary/aromatic N) is 2. The number of rotatable bonds is 3. The Kier molecular flexibility index (Phi) is 5.42. The second-order valence-electron chi connectivity index (χ2n) is 6.22. The standard InChI is InChI=1S/C16H26N2O2/c1-3-20-16(19)14-6-4-5-9-18(14)15-10-12(2)7-8-13(15)11-17/h12-15H,3-10H2,1-2H3. The molecule has 4 heteroatoms. The third-order valence-electron chi connectivity index (χ3n) is 4.77.